The Kier molecular flexibility index (Phi) is 4.29. The minimum atomic E-state index is -0.289. The summed E-state index contributed by atoms with van der Waals surface area (Å²) in [5.41, 5.74) is 1.05. The molecule has 3 rings (SSSR count). The van der Waals surface area contributed by atoms with Gasteiger partial charge in [0.05, 0.1) is 18.0 Å². The zero-order chi connectivity index (χ0) is 17.1. The number of hydrogen-bond acceptors (Lipinski definition) is 4. The van der Waals surface area contributed by atoms with E-state index in [2.05, 4.69) is 10.3 Å². The summed E-state index contributed by atoms with van der Waals surface area (Å²) in [5.74, 6) is 0.921. The SMILES string of the molecule is COc1ccc(NC(=O)Cn2c(C)nc3ccccc3c2=O)cc1. The van der Waals surface area contributed by atoms with E-state index in [4.69, 9.17) is 4.74 Å². The second-order valence-corrected chi connectivity index (χ2v) is 5.34. The second-order valence-electron chi connectivity index (χ2n) is 5.34. The highest BCUT2D eigenvalue weighted by molar-refractivity contribution is 5.90. The average molecular weight is 323 g/mol. The highest BCUT2D eigenvalue weighted by Gasteiger charge is 2.11. The van der Waals surface area contributed by atoms with Crippen molar-refractivity contribution in [2.24, 2.45) is 0 Å². The standard InChI is InChI=1S/C18H17N3O3/c1-12-19-16-6-4-3-5-15(16)18(23)21(12)11-17(22)20-13-7-9-14(24-2)10-8-13/h3-10H,11H2,1-2H3,(H,20,22). The van der Waals surface area contributed by atoms with Crippen LogP contribution >= 0.6 is 0 Å². The van der Waals surface area contributed by atoms with Gasteiger partial charge in [-0.1, -0.05) is 12.1 Å². The van der Waals surface area contributed by atoms with Crippen molar-refractivity contribution in [3.8, 4) is 5.75 Å². The third kappa shape index (κ3) is 3.12. The Hall–Kier alpha value is -3.15. The molecular formula is C18H17N3O3. The number of carbonyl (C=O) groups excluding carboxylic acids is 1. The molecule has 0 bridgehead atoms. The molecule has 2 aromatic carbocycles. The van der Waals surface area contributed by atoms with E-state index >= 15 is 0 Å². The average Bonchev–Trinajstić information content (AvgIpc) is 2.59. The molecular weight excluding hydrogens is 306 g/mol. The Morgan fingerprint density at radius 1 is 1.17 bits per heavy atom. The van der Waals surface area contributed by atoms with Crippen molar-refractivity contribution >= 4 is 22.5 Å². The first-order valence-corrected chi connectivity index (χ1v) is 7.48. The number of fused-ring (bicyclic) bond motifs is 1. The maximum Gasteiger partial charge on any atom is 0.261 e. The predicted molar refractivity (Wildman–Crippen MR) is 92.4 cm³/mol. The predicted octanol–water partition coefficient (Wildman–Crippen LogP) is 2.35. The van der Waals surface area contributed by atoms with E-state index in [0.29, 0.717) is 28.2 Å². The number of hydrogen-bond donors (Lipinski definition) is 1. The molecule has 3 aromatic rings. The highest BCUT2D eigenvalue weighted by atomic mass is 16.5. The lowest BCUT2D eigenvalue weighted by molar-refractivity contribution is -0.116. The Morgan fingerprint density at radius 2 is 1.88 bits per heavy atom. The van der Waals surface area contributed by atoms with Crippen LogP contribution in [0.1, 0.15) is 5.82 Å². The number of nitrogens with one attached hydrogen (secondary N) is 1. The van der Waals surface area contributed by atoms with Gasteiger partial charge in [0.1, 0.15) is 18.1 Å². The lowest BCUT2D eigenvalue weighted by atomic mass is 10.2. The first-order valence-electron chi connectivity index (χ1n) is 7.48. The van der Waals surface area contributed by atoms with Crippen LogP contribution in [0.2, 0.25) is 0 Å². The van der Waals surface area contributed by atoms with Gasteiger partial charge in [-0.2, -0.15) is 0 Å². The quantitative estimate of drug-likeness (QED) is 0.800. The summed E-state index contributed by atoms with van der Waals surface area (Å²) in [7, 11) is 1.58. The van der Waals surface area contributed by atoms with Gasteiger partial charge in [-0.3, -0.25) is 14.2 Å². The Bertz CT molecular complexity index is 946. The van der Waals surface area contributed by atoms with Crippen LogP contribution in [0.15, 0.2) is 53.3 Å². The minimum Gasteiger partial charge on any atom is -0.497 e. The van der Waals surface area contributed by atoms with Crippen LogP contribution in [0.25, 0.3) is 10.9 Å². The number of nitrogens with zero attached hydrogens (tertiary/aromatic N) is 2. The van der Waals surface area contributed by atoms with E-state index in [1.165, 1.54) is 4.57 Å². The van der Waals surface area contributed by atoms with Crippen LogP contribution in [-0.2, 0) is 11.3 Å². The molecule has 0 unspecified atom stereocenters. The fourth-order valence-electron chi connectivity index (χ4n) is 2.48. The van der Waals surface area contributed by atoms with Gasteiger partial charge >= 0.3 is 0 Å². The summed E-state index contributed by atoms with van der Waals surface area (Å²) in [6.45, 7) is 1.63. The topological polar surface area (TPSA) is 73.2 Å². The number of aryl methyl sites for hydroxylation is 1. The van der Waals surface area contributed by atoms with E-state index in [0.717, 1.165) is 0 Å². The Morgan fingerprint density at radius 3 is 2.58 bits per heavy atom. The lowest BCUT2D eigenvalue weighted by Crippen LogP contribution is -2.30. The molecule has 1 N–H and O–H groups in total. The molecule has 0 saturated heterocycles. The smallest absolute Gasteiger partial charge is 0.261 e. The fourth-order valence-corrected chi connectivity index (χ4v) is 2.48. The van der Waals surface area contributed by atoms with Gasteiger partial charge in [0, 0.05) is 5.69 Å². The summed E-state index contributed by atoms with van der Waals surface area (Å²) in [4.78, 5) is 29.2. The summed E-state index contributed by atoms with van der Waals surface area (Å²) in [6, 6.07) is 14.1. The van der Waals surface area contributed by atoms with Crippen molar-refractivity contribution in [3.63, 3.8) is 0 Å². The fraction of sp³-hybridized carbons (Fsp3) is 0.167. The maximum atomic E-state index is 12.5. The van der Waals surface area contributed by atoms with E-state index in [1.807, 2.05) is 6.07 Å². The molecule has 6 heteroatoms. The molecule has 6 nitrogen and oxygen atoms in total. The number of anilines is 1. The highest BCUT2D eigenvalue weighted by Crippen LogP contribution is 2.15. The van der Waals surface area contributed by atoms with Gasteiger partial charge in [-0.15, -0.1) is 0 Å². The number of ether oxygens (including phenoxy) is 1. The molecule has 0 aliphatic carbocycles. The van der Waals surface area contributed by atoms with Crippen molar-refractivity contribution in [2.45, 2.75) is 13.5 Å². The monoisotopic (exact) mass is 323 g/mol. The van der Waals surface area contributed by atoms with E-state index in [9.17, 15) is 9.59 Å². The van der Waals surface area contributed by atoms with E-state index in [1.54, 1.807) is 56.5 Å². The number of methoxy groups -OCH3 is 1. The van der Waals surface area contributed by atoms with Crippen molar-refractivity contribution in [2.75, 3.05) is 12.4 Å². The minimum absolute atomic E-state index is 0.0888. The molecule has 0 saturated carbocycles. The molecule has 122 valence electrons. The van der Waals surface area contributed by atoms with Gasteiger partial charge in [0.15, 0.2) is 0 Å². The number of carbonyl (C=O) groups is 1. The van der Waals surface area contributed by atoms with Gasteiger partial charge < -0.3 is 10.1 Å². The maximum absolute atomic E-state index is 12.5. The number of para-hydroxylation sites is 1. The second kappa shape index (κ2) is 6.54. The summed E-state index contributed by atoms with van der Waals surface area (Å²) in [6.07, 6.45) is 0. The normalized spacial score (nSPS) is 10.6. The van der Waals surface area contributed by atoms with Crippen molar-refractivity contribution in [1.82, 2.24) is 9.55 Å². The molecule has 0 radical (unpaired) electrons. The van der Waals surface area contributed by atoms with E-state index in [-0.39, 0.29) is 18.0 Å². The van der Waals surface area contributed by atoms with Crippen molar-refractivity contribution in [3.05, 3.63) is 64.7 Å². The molecule has 1 aromatic heterocycles. The van der Waals surface area contributed by atoms with Gasteiger partial charge in [0.2, 0.25) is 5.91 Å². The van der Waals surface area contributed by atoms with E-state index < -0.39 is 0 Å². The summed E-state index contributed by atoms with van der Waals surface area (Å²) < 4.78 is 6.45. The van der Waals surface area contributed by atoms with Crippen LogP contribution < -0.4 is 15.6 Å². The number of rotatable bonds is 4. The Labute approximate surface area is 138 Å². The van der Waals surface area contributed by atoms with Crippen LogP contribution in [0.3, 0.4) is 0 Å². The molecule has 0 aliphatic heterocycles. The number of benzene rings is 2. The molecule has 1 amide bonds. The van der Waals surface area contributed by atoms with Crippen LogP contribution in [0.5, 0.6) is 5.75 Å². The Balaban J connectivity index is 1.83. The molecule has 0 aliphatic rings. The zero-order valence-corrected chi connectivity index (χ0v) is 13.4. The van der Waals surface area contributed by atoms with Crippen LogP contribution in [0.4, 0.5) is 5.69 Å². The number of aromatic nitrogens is 2. The zero-order valence-electron chi connectivity index (χ0n) is 13.4. The van der Waals surface area contributed by atoms with Gasteiger partial charge in [-0.05, 0) is 43.3 Å². The molecule has 0 atom stereocenters. The largest absolute Gasteiger partial charge is 0.497 e. The van der Waals surface area contributed by atoms with Crippen LogP contribution in [0, 0.1) is 6.92 Å². The van der Waals surface area contributed by atoms with Gasteiger partial charge in [-0.25, -0.2) is 4.98 Å². The molecule has 0 fully saturated rings. The number of amides is 1. The third-order valence-corrected chi connectivity index (χ3v) is 3.73. The first kappa shape index (κ1) is 15.7. The molecule has 0 spiro atoms. The first-order chi connectivity index (χ1) is 11.6. The van der Waals surface area contributed by atoms with Gasteiger partial charge in [0.25, 0.3) is 5.56 Å². The molecule has 24 heavy (non-hydrogen) atoms. The summed E-state index contributed by atoms with van der Waals surface area (Å²) >= 11 is 0. The third-order valence-electron chi connectivity index (χ3n) is 3.73. The lowest BCUT2D eigenvalue weighted by Gasteiger charge is -2.11. The van der Waals surface area contributed by atoms with Crippen molar-refractivity contribution in [1.29, 1.82) is 0 Å². The summed E-state index contributed by atoms with van der Waals surface area (Å²) in [5, 5.41) is 3.26. The molecule has 1 heterocycles. The van der Waals surface area contributed by atoms with Crippen molar-refractivity contribution < 1.29 is 9.53 Å². The van der Waals surface area contributed by atoms with Crippen LogP contribution in [-0.4, -0.2) is 22.6 Å².